The second kappa shape index (κ2) is 10.8. The highest BCUT2D eigenvalue weighted by atomic mass is 16.2. The van der Waals surface area contributed by atoms with Gasteiger partial charge in [-0.2, -0.15) is 0 Å². The molecule has 0 saturated heterocycles. The second-order valence-electron chi connectivity index (χ2n) is 5.79. The lowest BCUT2D eigenvalue weighted by Gasteiger charge is -2.30. The van der Waals surface area contributed by atoms with Crippen LogP contribution in [-0.2, 0) is 16.0 Å². The number of amides is 2. The third-order valence-corrected chi connectivity index (χ3v) is 3.88. The molecule has 1 rings (SSSR count). The molecule has 0 bridgehead atoms. The molecule has 1 aromatic carbocycles. The normalized spacial score (nSPS) is 11.8. The topological polar surface area (TPSA) is 49.4 Å². The lowest BCUT2D eigenvalue weighted by Crippen LogP contribution is -2.50. The van der Waals surface area contributed by atoms with E-state index in [1.165, 1.54) is 5.56 Å². The summed E-state index contributed by atoms with van der Waals surface area (Å²) in [5, 5.41) is 2.93. The van der Waals surface area contributed by atoms with Crippen molar-refractivity contribution in [3.63, 3.8) is 0 Å². The Bertz CT molecular complexity index is 474. The van der Waals surface area contributed by atoms with Crippen LogP contribution in [0.15, 0.2) is 30.3 Å². The molecule has 0 unspecified atom stereocenters. The van der Waals surface area contributed by atoms with Gasteiger partial charge in [-0.15, -0.1) is 0 Å². The first kappa shape index (κ1) is 19.2. The molecule has 1 N–H and O–H groups in total. The minimum absolute atomic E-state index is 0.0353. The van der Waals surface area contributed by atoms with Gasteiger partial charge in [0.05, 0.1) is 0 Å². The van der Waals surface area contributed by atoms with E-state index in [1.807, 2.05) is 39.0 Å². The summed E-state index contributed by atoms with van der Waals surface area (Å²) in [6.45, 7) is 7.22. The SMILES string of the molecule is CCCNC(=O)[C@@H](CC)N(CCc1ccccc1)C(=O)CCC. The van der Waals surface area contributed by atoms with Crippen LogP contribution in [0.25, 0.3) is 0 Å². The highest BCUT2D eigenvalue weighted by molar-refractivity contribution is 5.87. The van der Waals surface area contributed by atoms with Crippen LogP contribution >= 0.6 is 0 Å². The Morgan fingerprint density at radius 2 is 1.78 bits per heavy atom. The highest BCUT2D eigenvalue weighted by Gasteiger charge is 2.27. The van der Waals surface area contributed by atoms with Crippen molar-refractivity contribution in [3.8, 4) is 0 Å². The van der Waals surface area contributed by atoms with Crippen LogP contribution in [0.2, 0.25) is 0 Å². The van der Waals surface area contributed by atoms with Crippen molar-refractivity contribution in [3.05, 3.63) is 35.9 Å². The van der Waals surface area contributed by atoms with E-state index in [0.717, 1.165) is 19.3 Å². The van der Waals surface area contributed by atoms with E-state index >= 15 is 0 Å². The van der Waals surface area contributed by atoms with Gasteiger partial charge in [0.25, 0.3) is 0 Å². The summed E-state index contributed by atoms with van der Waals surface area (Å²) in [7, 11) is 0. The molecule has 1 atom stereocenters. The van der Waals surface area contributed by atoms with Gasteiger partial charge in [-0.25, -0.2) is 0 Å². The maximum absolute atomic E-state index is 12.5. The van der Waals surface area contributed by atoms with Gasteiger partial charge in [-0.05, 0) is 31.2 Å². The van der Waals surface area contributed by atoms with E-state index < -0.39 is 0 Å². The molecule has 0 saturated carbocycles. The minimum Gasteiger partial charge on any atom is -0.354 e. The van der Waals surface area contributed by atoms with E-state index in [2.05, 4.69) is 17.4 Å². The van der Waals surface area contributed by atoms with Crippen molar-refractivity contribution in [2.24, 2.45) is 0 Å². The largest absolute Gasteiger partial charge is 0.354 e. The standard InChI is InChI=1S/C19H30N2O2/c1-4-10-18(22)21(15-13-16-11-8-7-9-12-16)17(6-3)19(23)20-14-5-2/h7-9,11-12,17H,4-6,10,13-15H2,1-3H3,(H,20,23)/t17-/m1/s1. The van der Waals surface area contributed by atoms with Gasteiger partial charge >= 0.3 is 0 Å². The van der Waals surface area contributed by atoms with Gasteiger partial charge in [0.2, 0.25) is 11.8 Å². The molecule has 23 heavy (non-hydrogen) atoms. The number of hydrogen-bond donors (Lipinski definition) is 1. The van der Waals surface area contributed by atoms with E-state index in [9.17, 15) is 9.59 Å². The van der Waals surface area contributed by atoms with Gasteiger partial charge in [0.15, 0.2) is 0 Å². The predicted molar refractivity (Wildman–Crippen MR) is 94.1 cm³/mol. The van der Waals surface area contributed by atoms with Crippen LogP contribution in [0.1, 0.15) is 52.0 Å². The Labute approximate surface area is 140 Å². The first-order valence-electron chi connectivity index (χ1n) is 8.75. The number of benzene rings is 1. The zero-order valence-electron chi connectivity index (χ0n) is 14.7. The lowest BCUT2D eigenvalue weighted by atomic mass is 10.1. The lowest BCUT2D eigenvalue weighted by molar-refractivity contribution is -0.140. The number of nitrogens with one attached hydrogen (secondary N) is 1. The Hall–Kier alpha value is -1.84. The number of rotatable bonds is 10. The molecule has 0 spiro atoms. The van der Waals surface area contributed by atoms with Crippen LogP contribution in [0, 0.1) is 0 Å². The molecule has 0 heterocycles. The van der Waals surface area contributed by atoms with Crippen LogP contribution in [0.4, 0.5) is 0 Å². The Balaban J connectivity index is 2.80. The molecule has 0 radical (unpaired) electrons. The molecule has 0 aromatic heterocycles. The fourth-order valence-corrected chi connectivity index (χ4v) is 2.62. The maximum Gasteiger partial charge on any atom is 0.242 e. The first-order chi connectivity index (χ1) is 11.1. The predicted octanol–water partition coefficient (Wildman–Crippen LogP) is 3.16. The fraction of sp³-hybridized carbons (Fsp3) is 0.579. The Kier molecular flexibility index (Phi) is 9.03. The van der Waals surface area contributed by atoms with E-state index in [0.29, 0.717) is 25.9 Å². The number of carbonyl (C=O) groups excluding carboxylic acids is 2. The summed E-state index contributed by atoms with van der Waals surface area (Å²) in [5.74, 6) is 0.0359. The summed E-state index contributed by atoms with van der Waals surface area (Å²) >= 11 is 0. The molecule has 4 heteroatoms. The zero-order chi connectivity index (χ0) is 17.1. The highest BCUT2D eigenvalue weighted by Crippen LogP contribution is 2.11. The Morgan fingerprint density at radius 3 is 2.35 bits per heavy atom. The smallest absolute Gasteiger partial charge is 0.242 e. The Morgan fingerprint density at radius 1 is 1.09 bits per heavy atom. The molecular weight excluding hydrogens is 288 g/mol. The molecule has 4 nitrogen and oxygen atoms in total. The van der Waals surface area contributed by atoms with Crippen LogP contribution in [0.3, 0.4) is 0 Å². The number of carbonyl (C=O) groups is 2. The van der Waals surface area contributed by atoms with Gasteiger partial charge in [-0.3, -0.25) is 9.59 Å². The monoisotopic (exact) mass is 318 g/mol. The average Bonchev–Trinajstić information content (AvgIpc) is 2.57. The molecule has 1 aromatic rings. The summed E-state index contributed by atoms with van der Waals surface area (Å²) in [6, 6.07) is 9.72. The van der Waals surface area contributed by atoms with Gasteiger partial charge in [0.1, 0.15) is 6.04 Å². The molecule has 0 fully saturated rings. The van der Waals surface area contributed by atoms with Gasteiger partial charge in [-0.1, -0.05) is 51.1 Å². The van der Waals surface area contributed by atoms with E-state index in [4.69, 9.17) is 0 Å². The zero-order valence-corrected chi connectivity index (χ0v) is 14.7. The quantitative estimate of drug-likeness (QED) is 0.720. The molecule has 128 valence electrons. The van der Waals surface area contributed by atoms with Crippen molar-refractivity contribution in [2.75, 3.05) is 13.1 Å². The van der Waals surface area contributed by atoms with Crippen molar-refractivity contribution in [1.82, 2.24) is 10.2 Å². The van der Waals surface area contributed by atoms with Crippen LogP contribution in [0.5, 0.6) is 0 Å². The molecule has 2 amide bonds. The molecular formula is C19H30N2O2. The van der Waals surface area contributed by atoms with Crippen LogP contribution < -0.4 is 5.32 Å². The summed E-state index contributed by atoms with van der Waals surface area (Å²) in [6.07, 6.45) is 3.60. The average molecular weight is 318 g/mol. The van der Waals surface area contributed by atoms with Crippen molar-refractivity contribution < 1.29 is 9.59 Å². The van der Waals surface area contributed by atoms with Gasteiger partial charge in [0, 0.05) is 19.5 Å². The summed E-state index contributed by atoms with van der Waals surface area (Å²) in [4.78, 5) is 26.6. The molecule has 0 aliphatic rings. The fourth-order valence-electron chi connectivity index (χ4n) is 2.62. The van der Waals surface area contributed by atoms with Crippen molar-refractivity contribution in [2.45, 2.75) is 58.9 Å². The van der Waals surface area contributed by atoms with E-state index in [1.54, 1.807) is 4.90 Å². The number of hydrogen-bond acceptors (Lipinski definition) is 2. The van der Waals surface area contributed by atoms with E-state index in [-0.39, 0.29) is 17.9 Å². The van der Waals surface area contributed by atoms with Crippen LogP contribution in [-0.4, -0.2) is 35.8 Å². The minimum atomic E-state index is -0.371. The maximum atomic E-state index is 12.5. The number of nitrogens with zero attached hydrogens (tertiary/aromatic N) is 1. The summed E-state index contributed by atoms with van der Waals surface area (Å²) < 4.78 is 0. The van der Waals surface area contributed by atoms with Gasteiger partial charge < -0.3 is 10.2 Å². The van der Waals surface area contributed by atoms with Crippen molar-refractivity contribution >= 4 is 11.8 Å². The molecule has 0 aliphatic carbocycles. The third-order valence-electron chi connectivity index (χ3n) is 3.88. The summed E-state index contributed by atoms with van der Waals surface area (Å²) in [5.41, 5.74) is 1.19. The first-order valence-corrected chi connectivity index (χ1v) is 8.75. The second-order valence-corrected chi connectivity index (χ2v) is 5.79. The molecule has 0 aliphatic heterocycles. The van der Waals surface area contributed by atoms with Crippen molar-refractivity contribution in [1.29, 1.82) is 0 Å². The third kappa shape index (κ3) is 6.43.